The lowest BCUT2D eigenvalue weighted by Crippen LogP contribution is -2.52. The Morgan fingerprint density at radius 3 is 2.63 bits per heavy atom. The highest BCUT2D eigenvalue weighted by molar-refractivity contribution is 5.94. The SMILES string of the molecule is CC(=O)Nc1ccc2oc(-c3ccnc(C(=O)N4CCN([C@H](C5=NNN(C)N5)c5cccc(F)c5)CC4)c3)nc2c1. The molecule has 0 saturated carbocycles. The van der Waals surface area contributed by atoms with Gasteiger partial charge >= 0.3 is 0 Å². The zero-order chi connectivity index (χ0) is 28.5. The van der Waals surface area contributed by atoms with Crippen molar-refractivity contribution in [2.75, 3.05) is 38.5 Å². The fourth-order valence-corrected chi connectivity index (χ4v) is 5.05. The quantitative estimate of drug-likeness (QED) is 0.328. The highest BCUT2D eigenvalue weighted by atomic mass is 19.1. The van der Waals surface area contributed by atoms with Crippen LogP contribution in [-0.4, -0.2) is 75.8 Å². The van der Waals surface area contributed by atoms with Crippen LogP contribution in [0.2, 0.25) is 0 Å². The molecule has 0 unspecified atom stereocenters. The number of carbonyl (C=O) groups is 2. The first-order valence-corrected chi connectivity index (χ1v) is 13.1. The molecule has 4 heterocycles. The molecule has 1 atom stereocenters. The number of hydrogen-bond donors (Lipinski definition) is 3. The molecule has 2 aliphatic heterocycles. The number of pyridine rings is 1. The summed E-state index contributed by atoms with van der Waals surface area (Å²) in [6, 6.07) is 14.8. The number of amides is 2. The van der Waals surface area contributed by atoms with Crippen molar-refractivity contribution in [3.8, 4) is 11.5 Å². The number of carbonyl (C=O) groups excluding carboxylic acids is 2. The van der Waals surface area contributed by atoms with E-state index in [-0.39, 0.29) is 29.4 Å². The van der Waals surface area contributed by atoms with Crippen LogP contribution in [-0.2, 0) is 4.79 Å². The van der Waals surface area contributed by atoms with Gasteiger partial charge in [-0.25, -0.2) is 14.9 Å². The minimum atomic E-state index is -0.320. The molecule has 13 heteroatoms. The van der Waals surface area contributed by atoms with E-state index in [0.29, 0.717) is 60.3 Å². The Labute approximate surface area is 234 Å². The van der Waals surface area contributed by atoms with Crippen LogP contribution < -0.4 is 16.3 Å². The van der Waals surface area contributed by atoms with E-state index >= 15 is 0 Å². The number of fused-ring (bicyclic) bond motifs is 1. The number of halogens is 1. The van der Waals surface area contributed by atoms with Gasteiger partial charge in [-0.1, -0.05) is 12.1 Å². The van der Waals surface area contributed by atoms with Crippen LogP contribution in [0.4, 0.5) is 10.1 Å². The van der Waals surface area contributed by atoms with E-state index in [9.17, 15) is 14.0 Å². The van der Waals surface area contributed by atoms with Crippen LogP contribution in [0.15, 0.2) is 70.3 Å². The highest BCUT2D eigenvalue weighted by Crippen LogP contribution is 2.28. The van der Waals surface area contributed by atoms with Gasteiger partial charge in [-0.2, -0.15) is 0 Å². The molecule has 2 aromatic heterocycles. The maximum absolute atomic E-state index is 14.1. The monoisotopic (exact) mass is 557 g/mol. The predicted octanol–water partition coefficient (Wildman–Crippen LogP) is 2.75. The Bertz CT molecular complexity index is 1650. The predicted molar refractivity (Wildman–Crippen MR) is 150 cm³/mol. The molecule has 4 aromatic rings. The van der Waals surface area contributed by atoms with Crippen molar-refractivity contribution < 1.29 is 18.4 Å². The Balaban J connectivity index is 1.17. The largest absolute Gasteiger partial charge is 0.436 e. The number of hydrazone groups is 1. The van der Waals surface area contributed by atoms with Crippen molar-refractivity contribution in [3.05, 3.63) is 77.9 Å². The fourth-order valence-electron chi connectivity index (χ4n) is 5.05. The molecule has 0 bridgehead atoms. The summed E-state index contributed by atoms with van der Waals surface area (Å²) < 4.78 is 20.0. The number of hydrazine groups is 2. The summed E-state index contributed by atoms with van der Waals surface area (Å²) in [4.78, 5) is 37.6. The Morgan fingerprint density at radius 1 is 1.07 bits per heavy atom. The molecule has 1 saturated heterocycles. The number of aromatic nitrogens is 2. The number of benzene rings is 2. The number of nitrogens with one attached hydrogen (secondary N) is 3. The molecule has 2 amide bonds. The fraction of sp³-hybridized carbons (Fsp3) is 0.250. The van der Waals surface area contributed by atoms with E-state index < -0.39 is 0 Å². The maximum Gasteiger partial charge on any atom is 0.272 e. The lowest BCUT2D eigenvalue weighted by Gasteiger charge is -2.39. The molecule has 6 rings (SSSR count). The lowest BCUT2D eigenvalue weighted by molar-refractivity contribution is -0.114. The minimum Gasteiger partial charge on any atom is -0.436 e. The summed E-state index contributed by atoms with van der Waals surface area (Å²) in [6.45, 7) is 3.47. The summed E-state index contributed by atoms with van der Waals surface area (Å²) in [5.74, 6) is 0.302. The molecule has 0 spiro atoms. The Kier molecular flexibility index (Phi) is 7.03. The van der Waals surface area contributed by atoms with Crippen LogP contribution in [0.5, 0.6) is 0 Å². The summed E-state index contributed by atoms with van der Waals surface area (Å²) >= 11 is 0. The second kappa shape index (κ2) is 10.9. The molecule has 0 aliphatic carbocycles. The molecule has 2 aromatic carbocycles. The lowest BCUT2D eigenvalue weighted by atomic mass is 10.0. The van der Waals surface area contributed by atoms with Crippen LogP contribution in [0.1, 0.15) is 29.0 Å². The standard InChI is InChI=1S/C28H28FN9O3/c1-17(39)31-21-6-7-24-22(16-21)32-27(41-24)19-8-9-30-23(15-19)28(40)38-12-10-37(11-13-38)25(26-33-35-36(2)34-26)18-4-3-5-20(29)14-18/h3-9,14-16,25,35H,10-13H2,1-2H3,(H,31,39)(H,33,34)/t25-/m0/s1. The van der Waals surface area contributed by atoms with Crippen molar-refractivity contribution >= 4 is 34.4 Å². The van der Waals surface area contributed by atoms with Crippen molar-refractivity contribution in [2.45, 2.75) is 13.0 Å². The molecule has 41 heavy (non-hydrogen) atoms. The van der Waals surface area contributed by atoms with Gasteiger partial charge in [-0.05, 0) is 48.0 Å². The third kappa shape index (κ3) is 5.58. The van der Waals surface area contributed by atoms with E-state index in [2.05, 4.69) is 36.2 Å². The summed E-state index contributed by atoms with van der Waals surface area (Å²) in [5, 5.41) is 8.72. The van der Waals surface area contributed by atoms with E-state index in [1.807, 2.05) is 6.07 Å². The highest BCUT2D eigenvalue weighted by Gasteiger charge is 2.33. The van der Waals surface area contributed by atoms with Gasteiger partial charge in [-0.3, -0.25) is 24.9 Å². The molecular weight excluding hydrogens is 529 g/mol. The summed E-state index contributed by atoms with van der Waals surface area (Å²) in [6.07, 6.45) is 1.56. The first-order chi connectivity index (χ1) is 19.8. The number of piperazine rings is 1. The minimum absolute atomic E-state index is 0.177. The first kappa shape index (κ1) is 26.3. The maximum atomic E-state index is 14.1. The van der Waals surface area contributed by atoms with E-state index in [1.165, 1.54) is 19.1 Å². The van der Waals surface area contributed by atoms with Crippen molar-refractivity contribution in [2.24, 2.45) is 5.10 Å². The molecule has 210 valence electrons. The third-order valence-corrected chi connectivity index (χ3v) is 6.93. The van der Waals surface area contributed by atoms with Gasteiger partial charge in [-0.15, -0.1) is 10.2 Å². The van der Waals surface area contributed by atoms with Crippen LogP contribution in [0.3, 0.4) is 0 Å². The van der Waals surface area contributed by atoms with Gasteiger partial charge < -0.3 is 14.6 Å². The van der Waals surface area contributed by atoms with Crippen LogP contribution >= 0.6 is 0 Å². The Morgan fingerprint density at radius 2 is 1.90 bits per heavy atom. The van der Waals surface area contributed by atoms with Crippen molar-refractivity contribution in [3.63, 3.8) is 0 Å². The molecular formula is C28H28FN9O3. The normalized spacial score (nSPS) is 16.7. The smallest absolute Gasteiger partial charge is 0.272 e. The second-order valence-corrected chi connectivity index (χ2v) is 9.87. The van der Waals surface area contributed by atoms with Gasteiger partial charge in [0, 0.05) is 57.6 Å². The van der Waals surface area contributed by atoms with Gasteiger partial charge in [0.2, 0.25) is 11.8 Å². The average Bonchev–Trinajstić information content (AvgIpc) is 3.59. The third-order valence-electron chi connectivity index (χ3n) is 6.93. The topological polar surface area (TPSA) is 131 Å². The van der Waals surface area contributed by atoms with Crippen LogP contribution in [0.25, 0.3) is 22.6 Å². The van der Waals surface area contributed by atoms with Crippen molar-refractivity contribution in [1.82, 2.24) is 35.8 Å². The molecule has 3 N–H and O–H groups in total. The molecule has 2 aliphatic rings. The van der Waals surface area contributed by atoms with E-state index in [0.717, 1.165) is 5.56 Å². The number of nitrogens with zero attached hydrogens (tertiary/aromatic N) is 6. The van der Waals surface area contributed by atoms with Gasteiger partial charge in [0.25, 0.3) is 5.91 Å². The van der Waals surface area contributed by atoms with Crippen molar-refractivity contribution in [1.29, 1.82) is 0 Å². The van der Waals surface area contributed by atoms with Crippen LogP contribution in [0, 0.1) is 5.82 Å². The summed E-state index contributed by atoms with van der Waals surface area (Å²) in [7, 11) is 1.79. The second-order valence-electron chi connectivity index (χ2n) is 9.87. The average molecular weight is 558 g/mol. The zero-order valence-electron chi connectivity index (χ0n) is 22.5. The van der Waals surface area contributed by atoms with Gasteiger partial charge in [0.15, 0.2) is 11.4 Å². The number of oxazole rings is 1. The molecule has 0 radical (unpaired) electrons. The zero-order valence-corrected chi connectivity index (χ0v) is 22.5. The van der Waals surface area contributed by atoms with E-state index in [1.54, 1.807) is 59.7 Å². The first-order valence-electron chi connectivity index (χ1n) is 13.1. The van der Waals surface area contributed by atoms with Gasteiger partial charge in [0.1, 0.15) is 17.0 Å². The van der Waals surface area contributed by atoms with E-state index in [4.69, 9.17) is 4.42 Å². The number of amidine groups is 1. The van der Waals surface area contributed by atoms with Gasteiger partial charge in [0.05, 0.1) is 6.04 Å². The number of hydrogen-bond acceptors (Lipinski definition) is 10. The number of anilines is 1. The molecule has 12 nitrogen and oxygen atoms in total. The Hall–Kier alpha value is -4.88. The molecule has 1 fully saturated rings. The summed E-state index contributed by atoms with van der Waals surface area (Å²) in [5.41, 5.74) is 9.44. The number of rotatable bonds is 6.